The summed E-state index contributed by atoms with van der Waals surface area (Å²) in [4.78, 5) is 16.5. The van der Waals surface area contributed by atoms with Gasteiger partial charge in [-0.05, 0) is 11.8 Å². The van der Waals surface area contributed by atoms with Crippen LogP contribution in [0.2, 0.25) is 0 Å². The van der Waals surface area contributed by atoms with E-state index < -0.39 is 0 Å². The van der Waals surface area contributed by atoms with E-state index in [1.807, 2.05) is 49.6 Å². The first-order valence-corrected chi connectivity index (χ1v) is 11.0. The van der Waals surface area contributed by atoms with E-state index in [0.717, 1.165) is 38.2 Å². The number of carbonyl (C=O) groups excluding carboxylic acids is 1. The first-order valence-electron chi connectivity index (χ1n) is 10.2. The van der Waals surface area contributed by atoms with Crippen LogP contribution in [0.5, 0.6) is 0 Å². The molecule has 1 aromatic heterocycles. The summed E-state index contributed by atoms with van der Waals surface area (Å²) in [6.45, 7) is 4.19. The zero-order valence-electron chi connectivity index (χ0n) is 18.1. The molecule has 0 amide bonds. The topological polar surface area (TPSA) is 30.0 Å². The van der Waals surface area contributed by atoms with E-state index in [1.165, 1.54) is 31.8 Å². The summed E-state index contributed by atoms with van der Waals surface area (Å²) in [7, 11) is 0. The second-order valence-corrected chi connectivity index (χ2v) is 8.37. The van der Waals surface area contributed by atoms with Gasteiger partial charge in [0.25, 0.3) is 0 Å². The monoisotopic (exact) mass is 440 g/mol. The molecule has 2 nitrogen and oxygen atoms in total. The Morgan fingerprint density at radius 2 is 1.70 bits per heavy atom. The summed E-state index contributed by atoms with van der Waals surface area (Å²) in [5.41, 5.74) is 3.99. The van der Waals surface area contributed by atoms with Gasteiger partial charge in [0.15, 0.2) is 0 Å². The third kappa shape index (κ3) is 7.36. The zero-order chi connectivity index (χ0) is 20.5. The number of benzene rings is 2. The van der Waals surface area contributed by atoms with Gasteiger partial charge >= 0.3 is 51.4 Å². The van der Waals surface area contributed by atoms with Crippen LogP contribution in [0.15, 0.2) is 66.7 Å². The van der Waals surface area contributed by atoms with E-state index in [4.69, 9.17) is 4.98 Å². The van der Waals surface area contributed by atoms with Crippen molar-refractivity contribution in [2.24, 2.45) is 5.92 Å². The van der Waals surface area contributed by atoms with Crippen LogP contribution in [-0.4, -0.2) is 11.3 Å². The fraction of sp³-hybridized carbons (Fsp3) is 0.269. The van der Waals surface area contributed by atoms with Gasteiger partial charge < -0.3 is 11.2 Å². The maximum Gasteiger partial charge on any atom is 1.00 e. The Labute approximate surface area is 227 Å². The second-order valence-electron chi connectivity index (χ2n) is 7.37. The minimum Gasteiger partial charge on any atom is -0.419 e. The molecule has 4 rings (SSSR count). The smallest absolute Gasteiger partial charge is 0.419 e. The van der Waals surface area contributed by atoms with E-state index in [9.17, 15) is 4.79 Å². The standard InChI is InChI=1S/C19H14NOS.C7H13.K/c1-14(12-13-21)19-20-17(15-8-4-2-5-9-15)18(22-19)16-10-6-3-7-11-16;1-7-5-3-2-4-6-7;/h2-12H,1H3;5,7H,2-4,6H2,1H3;/q2*-1;+1/b14-12+;;. The van der Waals surface area contributed by atoms with Crippen LogP contribution in [0.4, 0.5) is 0 Å². The third-order valence-corrected chi connectivity index (χ3v) is 6.25. The summed E-state index contributed by atoms with van der Waals surface area (Å²) >= 11 is 1.60. The summed E-state index contributed by atoms with van der Waals surface area (Å²) < 4.78 is 0. The van der Waals surface area contributed by atoms with Crippen molar-refractivity contribution in [2.45, 2.75) is 39.5 Å². The summed E-state index contributed by atoms with van der Waals surface area (Å²) in [6.07, 6.45) is 11.4. The summed E-state index contributed by atoms with van der Waals surface area (Å²) in [5, 5.41) is 0.848. The minimum absolute atomic E-state index is 0. The second kappa shape index (κ2) is 13.5. The predicted molar refractivity (Wildman–Crippen MR) is 124 cm³/mol. The van der Waals surface area contributed by atoms with Gasteiger partial charge in [-0.3, -0.25) is 4.98 Å². The average Bonchev–Trinajstić information content (AvgIpc) is 3.22. The predicted octanol–water partition coefficient (Wildman–Crippen LogP) is 4.39. The molecule has 30 heavy (non-hydrogen) atoms. The molecule has 4 heteroatoms. The van der Waals surface area contributed by atoms with E-state index in [-0.39, 0.29) is 51.4 Å². The molecule has 1 aliphatic rings. The first kappa shape index (κ1) is 25.4. The number of rotatable bonds is 4. The Balaban J connectivity index is 0.000000341. The Morgan fingerprint density at radius 3 is 2.20 bits per heavy atom. The van der Waals surface area contributed by atoms with Crippen LogP contribution in [-0.2, 0) is 4.79 Å². The van der Waals surface area contributed by atoms with E-state index >= 15 is 0 Å². The molecule has 1 fully saturated rings. The number of hydrogen-bond donors (Lipinski definition) is 0. The molecule has 1 aliphatic carbocycles. The number of hydrogen-bond acceptors (Lipinski definition) is 3. The van der Waals surface area contributed by atoms with Gasteiger partial charge in [-0.2, -0.15) is 24.0 Å². The van der Waals surface area contributed by atoms with Crippen LogP contribution in [0.25, 0.3) is 27.3 Å². The maximum absolute atomic E-state index is 10.6. The van der Waals surface area contributed by atoms with Crippen molar-refractivity contribution in [3.63, 3.8) is 0 Å². The molecule has 0 N–H and O–H groups in total. The van der Waals surface area contributed by atoms with Gasteiger partial charge in [-0.15, -0.1) is 18.3 Å². The van der Waals surface area contributed by atoms with Gasteiger partial charge in [-0.1, -0.05) is 86.8 Å². The van der Waals surface area contributed by atoms with Crippen LogP contribution in [0.3, 0.4) is 0 Å². The normalized spacial score (nSPS) is 16.1. The van der Waals surface area contributed by atoms with Gasteiger partial charge in [0.2, 0.25) is 0 Å². The van der Waals surface area contributed by atoms with Crippen LogP contribution < -0.4 is 51.4 Å². The molecule has 1 heterocycles. The summed E-state index contributed by atoms with van der Waals surface area (Å²) in [5.74, 6) is 0.911. The fourth-order valence-corrected chi connectivity index (χ4v) is 4.41. The molecule has 1 unspecified atom stereocenters. The molecule has 0 bridgehead atoms. The van der Waals surface area contributed by atoms with Gasteiger partial charge in [0.05, 0.1) is 10.6 Å². The van der Waals surface area contributed by atoms with Gasteiger partial charge in [0.1, 0.15) is 0 Å². The molecular weight excluding hydrogens is 413 g/mol. The Hall–Kier alpha value is -0.884. The molecule has 0 aliphatic heterocycles. The van der Waals surface area contributed by atoms with Crippen LogP contribution in [0, 0.1) is 12.3 Å². The number of thiazole rings is 1. The van der Waals surface area contributed by atoms with Crippen molar-refractivity contribution in [1.29, 1.82) is 0 Å². The van der Waals surface area contributed by atoms with Crippen molar-refractivity contribution >= 4 is 23.2 Å². The zero-order valence-corrected chi connectivity index (χ0v) is 22.0. The maximum atomic E-state index is 10.6. The van der Waals surface area contributed by atoms with Crippen molar-refractivity contribution in [2.75, 3.05) is 0 Å². The van der Waals surface area contributed by atoms with Crippen LogP contribution in [0.1, 0.15) is 44.5 Å². The molecular formula is C26H27KNOS-. The molecule has 1 atom stereocenters. The molecule has 3 aromatic rings. The van der Waals surface area contributed by atoms with Crippen molar-refractivity contribution in [3.05, 3.63) is 78.2 Å². The van der Waals surface area contributed by atoms with E-state index in [0.29, 0.717) is 0 Å². The van der Waals surface area contributed by atoms with Crippen molar-refractivity contribution in [3.8, 4) is 21.7 Å². The molecule has 0 saturated heterocycles. The number of allylic oxidation sites excluding steroid dienone is 2. The first-order chi connectivity index (χ1) is 14.2. The van der Waals surface area contributed by atoms with E-state index in [2.05, 4.69) is 37.6 Å². The molecule has 0 radical (unpaired) electrons. The molecule has 150 valence electrons. The van der Waals surface area contributed by atoms with Crippen LogP contribution >= 0.6 is 11.3 Å². The van der Waals surface area contributed by atoms with E-state index in [1.54, 1.807) is 11.3 Å². The van der Waals surface area contributed by atoms with Gasteiger partial charge in [0, 0.05) is 10.6 Å². The van der Waals surface area contributed by atoms with Crippen molar-refractivity contribution < 1.29 is 56.2 Å². The fourth-order valence-electron chi connectivity index (χ4n) is 3.35. The minimum atomic E-state index is 0. The molecule has 0 spiro atoms. The number of aromatic nitrogens is 1. The molecule has 2 aromatic carbocycles. The molecule has 1 saturated carbocycles. The quantitative estimate of drug-likeness (QED) is 0.342. The van der Waals surface area contributed by atoms with Gasteiger partial charge in [-0.25, -0.2) is 0 Å². The largest absolute Gasteiger partial charge is 1.00 e. The average molecular weight is 441 g/mol. The third-order valence-electron chi connectivity index (χ3n) is 5.01. The summed E-state index contributed by atoms with van der Waals surface area (Å²) in [6, 6.07) is 20.3. The van der Waals surface area contributed by atoms with Crippen molar-refractivity contribution in [1.82, 2.24) is 4.98 Å². The SMILES string of the molecule is C/C(=C\[C-]=O)c1nc(-c2ccccc2)c(-c2ccccc2)s1.CC1[CH-]CCCC1.[K+]. The Kier molecular flexibility index (Phi) is 11.4. The Morgan fingerprint density at radius 1 is 1.07 bits per heavy atom. The number of nitrogens with zero attached hydrogens (tertiary/aromatic N) is 1. The Bertz CT molecular complexity index is 871.